The largest absolute Gasteiger partial charge is 0.484 e. The van der Waals surface area contributed by atoms with Gasteiger partial charge in [0.15, 0.2) is 12.6 Å². The molecule has 0 saturated carbocycles. The highest BCUT2D eigenvalue weighted by atomic mass is 16.5. The lowest BCUT2D eigenvalue weighted by Gasteiger charge is -2.11. The Hall–Kier alpha value is -2.28. The maximum absolute atomic E-state index is 11.5. The van der Waals surface area contributed by atoms with Gasteiger partial charge in [0.25, 0.3) is 5.91 Å². The first-order chi connectivity index (χ1) is 10.5. The molecule has 7 heteroatoms. The molecule has 3 N–H and O–H groups in total. The monoisotopic (exact) mass is 308 g/mol. The average Bonchev–Trinajstić information content (AvgIpc) is 2.51. The number of ether oxygens (including phenoxy) is 2. The number of nitrogens with one attached hydrogen (secondary N) is 1. The van der Waals surface area contributed by atoms with E-state index in [2.05, 4.69) is 10.3 Å². The van der Waals surface area contributed by atoms with Crippen LogP contribution >= 0.6 is 0 Å². The molecule has 0 aliphatic heterocycles. The first-order valence-corrected chi connectivity index (χ1v) is 6.97. The topological polar surface area (TPSA) is 89.2 Å². The molecule has 7 nitrogen and oxygen atoms in total. The lowest BCUT2D eigenvalue weighted by atomic mass is 10.2. The highest BCUT2D eigenvalue weighted by Gasteiger charge is 2.05. The molecule has 0 radical (unpaired) electrons. The zero-order valence-electron chi connectivity index (χ0n) is 13.3. The van der Waals surface area contributed by atoms with Crippen molar-refractivity contribution in [2.75, 3.05) is 41.0 Å². The van der Waals surface area contributed by atoms with Crippen LogP contribution in [0.1, 0.15) is 5.56 Å². The number of amides is 1. The van der Waals surface area contributed by atoms with Gasteiger partial charge in [-0.1, -0.05) is 12.1 Å². The fourth-order valence-corrected chi connectivity index (χ4v) is 1.52. The van der Waals surface area contributed by atoms with E-state index in [1.807, 2.05) is 18.2 Å². The molecule has 22 heavy (non-hydrogen) atoms. The highest BCUT2D eigenvalue weighted by molar-refractivity contribution is 5.78. The first kappa shape index (κ1) is 17.8. The number of carbonyl (C=O) groups is 1. The lowest BCUT2D eigenvalue weighted by Crippen LogP contribution is -2.34. The number of hydrogen-bond acceptors (Lipinski definition) is 4. The summed E-state index contributed by atoms with van der Waals surface area (Å²) in [6, 6.07) is 7.42. The molecule has 1 aromatic carbocycles. The van der Waals surface area contributed by atoms with E-state index in [1.165, 1.54) is 4.90 Å². The van der Waals surface area contributed by atoms with Gasteiger partial charge in [0, 0.05) is 27.7 Å². The molecule has 1 rings (SSSR count). The molecule has 122 valence electrons. The number of benzene rings is 1. The Kier molecular flexibility index (Phi) is 7.77. The third-order valence-electron chi connectivity index (χ3n) is 2.80. The van der Waals surface area contributed by atoms with Crippen LogP contribution < -0.4 is 15.8 Å². The Morgan fingerprint density at radius 3 is 2.86 bits per heavy atom. The number of carbonyl (C=O) groups excluding carboxylic acids is 1. The van der Waals surface area contributed by atoms with E-state index >= 15 is 0 Å². The minimum atomic E-state index is -0.0880. The van der Waals surface area contributed by atoms with E-state index in [1.54, 1.807) is 27.3 Å². The normalized spacial score (nSPS) is 11.1. The molecule has 0 saturated heterocycles. The van der Waals surface area contributed by atoms with E-state index in [-0.39, 0.29) is 12.5 Å². The van der Waals surface area contributed by atoms with Gasteiger partial charge < -0.3 is 25.4 Å². The second-order valence-electron chi connectivity index (χ2n) is 4.85. The summed E-state index contributed by atoms with van der Waals surface area (Å²) in [5, 5.41) is 2.94. The molecule has 0 unspecified atom stereocenters. The third kappa shape index (κ3) is 6.94. The first-order valence-electron chi connectivity index (χ1n) is 6.97. The summed E-state index contributed by atoms with van der Waals surface area (Å²) in [6.45, 7) is 1.63. The summed E-state index contributed by atoms with van der Waals surface area (Å²) in [6.07, 6.45) is 0. The summed E-state index contributed by atoms with van der Waals surface area (Å²) in [5.41, 5.74) is 6.68. The van der Waals surface area contributed by atoms with Crippen molar-refractivity contribution in [2.24, 2.45) is 10.7 Å². The fourth-order valence-electron chi connectivity index (χ4n) is 1.52. The molecule has 0 aliphatic rings. The van der Waals surface area contributed by atoms with Gasteiger partial charge in [-0.25, -0.2) is 4.99 Å². The number of nitrogens with two attached hydrogens (primary N) is 1. The van der Waals surface area contributed by atoms with Crippen LogP contribution in [-0.4, -0.2) is 57.7 Å². The van der Waals surface area contributed by atoms with Gasteiger partial charge in [-0.3, -0.25) is 4.79 Å². The summed E-state index contributed by atoms with van der Waals surface area (Å²) in [7, 11) is 5.01. The average molecular weight is 308 g/mol. The van der Waals surface area contributed by atoms with Crippen LogP contribution in [0.4, 0.5) is 0 Å². The molecule has 0 aromatic heterocycles. The molecule has 0 atom stereocenters. The van der Waals surface area contributed by atoms with Crippen molar-refractivity contribution in [3.8, 4) is 5.75 Å². The molecule has 1 aromatic rings. The van der Waals surface area contributed by atoms with Crippen LogP contribution in [0.5, 0.6) is 5.75 Å². The lowest BCUT2D eigenvalue weighted by molar-refractivity contribution is -0.130. The van der Waals surface area contributed by atoms with Crippen molar-refractivity contribution < 1.29 is 14.3 Å². The zero-order valence-corrected chi connectivity index (χ0v) is 13.3. The van der Waals surface area contributed by atoms with Crippen molar-refractivity contribution >= 4 is 11.9 Å². The second-order valence-corrected chi connectivity index (χ2v) is 4.85. The standard InChI is InChI=1S/C15H24N4O3/c1-19(2)14(20)11-22-13-6-4-5-12(9-13)10-18-15(16)17-7-8-21-3/h4-6,9H,7-8,10-11H2,1-3H3,(H3,16,17,18). The number of likely N-dealkylation sites (N-methyl/N-ethyl adjacent to an activating group) is 1. The minimum Gasteiger partial charge on any atom is -0.484 e. The number of guanidine groups is 1. The SMILES string of the molecule is COCCNC(N)=NCc1cccc(OCC(=O)N(C)C)c1. The Bertz CT molecular complexity index is 503. The van der Waals surface area contributed by atoms with Crippen molar-refractivity contribution in [2.45, 2.75) is 6.54 Å². The molecular weight excluding hydrogens is 284 g/mol. The molecule has 0 fully saturated rings. The van der Waals surface area contributed by atoms with Crippen LogP contribution in [0.2, 0.25) is 0 Å². The summed E-state index contributed by atoms with van der Waals surface area (Å²) in [4.78, 5) is 17.2. The van der Waals surface area contributed by atoms with Gasteiger partial charge in [-0.2, -0.15) is 0 Å². The van der Waals surface area contributed by atoms with E-state index in [0.717, 1.165) is 5.56 Å². The van der Waals surface area contributed by atoms with E-state index in [9.17, 15) is 4.79 Å². The maximum atomic E-state index is 11.5. The van der Waals surface area contributed by atoms with Crippen LogP contribution in [-0.2, 0) is 16.1 Å². The highest BCUT2D eigenvalue weighted by Crippen LogP contribution is 2.14. The van der Waals surface area contributed by atoms with Gasteiger partial charge in [-0.05, 0) is 17.7 Å². The Balaban J connectivity index is 2.50. The minimum absolute atomic E-state index is 0.0143. The summed E-state index contributed by atoms with van der Waals surface area (Å²) < 4.78 is 10.4. The predicted molar refractivity (Wildman–Crippen MR) is 85.8 cm³/mol. The summed E-state index contributed by atoms with van der Waals surface area (Å²) >= 11 is 0. The van der Waals surface area contributed by atoms with Gasteiger partial charge in [0.05, 0.1) is 13.2 Å². The van der Waals surface area contributed by atoms with Crippen LogP contribution in [0, 0.1) is 0 Å². The van der Waals surface area contributed by atoms with E-state index in [0.29, 0.717) is 31.4 Å². The quantitative estimate of drug-likeness (QED) is 0.407. The molecule has 0 bridgehead atoms. The maximum Gasteiger partial charge on any atom is 0.259 e. The molecule has 0 spiro atoms. The number of hydrogen-bond donors (Lipinski definition) is 2. The zero-order chi connectivity index (χ0) is 16.4. The smallest absolute Gasteiger partial charge is 0.259 e. The van der Waals surface area contributed by atoms with Crippen LogP contribution in [0.25, 0.3) is 0 Å². The fraction of sp³-hybridized carbons (Fsp3) is 0.467. The molecule has 1 amide bonds. The van der Waals surface area contributed by atoms with Gasteiger partial charge in [0.1, 0.15) is 5.75 Å². The Labute approximate surface area is 131 Å². The van der Waals surface area contributed by atoms with E-state index < -0.39 is 0 Å². The number of aliphatic imine (C=N–C) groups is 1. The molecule has 0 aliphatic carbocycles. The van der Waals surface area contributed by atoms with Crippen LogP contribution in [0.3, 0.4) is 0 Å². The van der Waals surface area contributed by atoms with Crippen molar-refractivity contribution in [1.82, 2.24) is 10.2 Å². The van der Waals surface area contributed by atoms with Gasteiger partial charge in [0.2, 0.25) is 0 Å². The second kappa shape index (κ2) is 9.62. The van der Waals surface area contributed by atoms with Crippen molar-refractivity contribution in [3.63, 3.8) is 0 Å². The van der Waals surface area contributed by atoms with Gasteiger partial charge >= 0.3 is 0 Å². The summed E-state index contributed by atoms with van der Waals surface area (Å²) in [5.74, 6) is 0.912. The number of nitrogens with zero attached hydrogens (tertiary/aromatic N) is 2. The third-order valence-corrected chi connectivity index (χ3v) is 2.80. The van der Waals surface area contributed by atoms with Gasteiger partial charge in [-0.15, -0.1) is 0 Å². The van der Waals surface area contributed by atoms with E-state index in [4.69, 9.17) is 15.2 Å². The Morgan fingerprint density at radius 1 is 1.41 bits per heavy atom. The van der Waals surface area contributed by atoms with Crippen LogP contribution in [0.15, 0.2) is 29.3 Å². The predicted octanol–water partition coefficient (Wildman–Crippen LogP) is 0.204. The number of methoxy groups -OCH3 is 1. The molecular formula is C15H24N4O3. The Morgan fingerprint density at radius 2 is 2.18 bits per heavy atom. The molecule has 0 heterocycles. The number of rotatable bonds is 8. The van der Waals surface area contributed by atoms with Crippen molar-refractivity contribution in [3.05, 3.63) is 29.8 Å². The van der Waals surface area contributed by atoms with Crippen molar-refractivity contribution in [1.29, 1.82) is 0 Å².